The van der Waals surface area contributed by atoms with E-state index in [1.807, 2.05) is 13.8 Å². The van der Waals surface area contributed by atoms with Gasteiger partial charge >= 0.3 is 11.7 Å². The minimum absolute atomic E-state index is 0.0205. The summed E-state index contributed by atoms with van der Waals surface area (Å²) < 4.78 is 4.99. The summed E-state index contributed by atoms with van der Waals surface area (Å²) in [5.74, 6) is -1.31. The first-order chi connectivity index (χ1) is 9.40. The maximum atomic E-state index is 11.2. The van der Waals surface area contributed by atoms with E-state index in [1.54, 1.807) is 18.1 Å². The fraction of sp³-hybridized carbons (Fsp3) is 0.462. The van der Waals surface area contributed by atoms with Gasteiger partial charge in [-0.3, -0.25) is 10.1 Å². The van der Waals surface area contributed by atoms with Gasteiger partial charge in [0.25, 0.3) is 0 Å². The lowest BCUT2D eigenvalue weighted by atomic mass is 10.1. The highest BCUT2D eigenvalue weighted by atomic mass is 16.6. The van der Waals surface area contributed by atoms with Gasteiger partial charge in [-0.1, -0.05) is 6.07 Å². The van der Waals surface area contributed by atoms with Crippen LogP contribution in [0.25, 0.3) is 0 Å². The zero-order valence-electron chi connectivity index (χ0n) is 11.7. The summed E-state index contributed by atoms with van der Waals surface area (Å²) in [5, 5.41) is 20.3. The Morgan fingerprint density at radius 2 is 2.15 bits per heavy atom. The number of aromatic carboxylic acids is 1. The molecular formula is C13H18N2O5. The number of hydrogen-bond acceptors (Lipinski definition) is 5. The minimum Gasteiger partial charge on any atom is -0.477 e. The smallest absolute Gasteiger partial charge is 0.342 e. The van der Waals surface area contributed by atoms with E-state index in [0.29, 0.717) is 18.8 Å². The number of carbonyl (C=O) groups is 1. The molecule has 0 aliphatic carbocycles. The second kappa shape index (κ2) is 6.85. The van der Waals surface area contributed by atoms with E-state index in [-0.39, 0.29) is 17.3 Å². The Hall–Kier alpha value is -2.15. The maximum absolute atomic E-state index is 11.2. The Morgan fingerprint density at radius 3 is 2.60 bits per heavy atom. The fourth-order valence-electron chi connectivity index (χ4n) is 1.97. The number of ether oxygens (including phenoxy) is 1. The molecule has 0 bridgehead atoms. The number of nitro groups is 1. The van der Waals surface area contributed by atoms with Crippen LogP contribution in [0.15, 0.2) is 18.2 Å². The second-order valence-electron chi connectivity index (χ2n) is 4.52. The van der Waals surface area contributed by atoms with Gasteiger partial charge in [-0.15, -0.1) is 0 Å². The monoisotopic (exact) mass is 282 g/mol. The van der Waals surface area contributed by atoms with Gasteiger partial charge in [0, 0.05) is 19.7 Å². The van der Waals surface area contributed by atoms with Gasteiger partial charge in [-0.2, -0.15) is 0 Å². The molecule has 0 unspecified atom stereocenters. The van der Waals surface area contributed by atoms with Crippen LogP contribution in [0, 0.1) is 10.1 Å². The summed E-state index contributed by atoms with van der Waals surface area (Å²) in [4.78, 5) is 23.5. The van der Waals surface area contributed by atoms with Crippen molar-refractivity contribution in [3.8, 4) is 0 Å². The summed E-state index contributed by atoms with van der Waals surface area (Å²) in [6, 6.07) is 4.28. The molecule has 110 valence electrons. The van der Waals surface area contributed by atoms with Crippen LogP contribution in [0.2, 0.25) is 0 Å². The summed E-state index contributed by atoms with van der Waals surface area (Å²) in [7, 11) is 1.54. The van der Waals surface area contributed by atoms with Crippen molar-refractivity contribution in [2.45, 2.75) is 19.9 Å². The van der Waals surface area contributed by atoms with Crippen molar-refractivity contribution >= 4 is 17.3 Å². The van der Waals surface area contributed by atoms with Crippen LogP contribution in [0.3, 0.4) is 0 Å². The zero-order valence-corrected chi connectivity index (χ0v) is 11.7. The van der Waals surface area contributed by atoms with E-state index in [0.717, 1.165) is 0 Å². The minimum atomic E-state index is -1.31. The molecule has 0 aliphatic rings. The van der Waals surface area contributed by atoms with Crippen molar-refractivity contribution in [2.24, 2.45) is 0 Å². The second-order valence-corrected chi connectivity index (χ2v) is 4.52. The SMILES string of the molecule is COCCN(c1cccc(C(=O)O)c1[N+](=O)[O-])C(C)C. The van der Waals surface area contributed by atoms with Crippen molar-refractivity contribution in [3.05, 3.63) is 33.9 Å². The normalized spacial score (nSPS) is 10.6. The van der Waals surface area contributed by atoms with Crippen LogP contribution in [-0.4, -0.2) is 42.3 Å². The van der Waals surface area contributed by atoms with E-state index in [9.17, 15) is 14.9 Å². The average molecular weight is 282 g/mol. The molecule has 0 spiro atoms. The number of nitrogens with zero attached hydrogens (tertiary/aromatic N) is 2. The van der Waals surface area contributed by atoms with Crippen LogP contribution in [-0.2, 0) is 4.74 Å². The van der Waals surface area contributed by atoms with Crippen molar-refractivity contribution < 1.29 is 19.6 Å². The van der Waals surface area contributed by atoms with Crippen molar-refractivity contribution in [1.29, 1.82) is 0 Å². The molecule has 0 fully saturated rings. The van der Waals surface area contributed by atoms with Gasteiger partial charge in [0.05, 0.1) is 11.5 Å². The highest BCUT2D eigenvalue weighted by Crippen LogP contribution is 2.32. The number of carboxylic acids is 1. The van der Waals surface area contributed by atoms with Gasteiger partial charge in [0.15, 0.2) is 0 Å². The summed E-state index contributed by atoms with van der Waals surface area (Å²) >= 11 is 0. The first kappa shape index (κ1) is 15.9. The molecule has 0 heterocycles. The molecular weight excluding hydrogens is 264 g/mol. The molecule has 1 aromatic rings. The number of anilines is 1. The molecule has 0 radical (unpaired) electrons. The molecule has 0 saturated heterocycles. The van der Waals surface area contributed by atoms with E-state index in [1.165, 1.54) is 12.1 Å². The molecule has 0 saturated carbocycles. The lowest BCUT2D eigenvalue weighted by Crippen LogP contribution is -2.34. The van der Waals surface area contributed by atoms with Gasteiger partial charge in [0.2, 0.25) is 0 Å². The lowest BCUT2D eigenvalue weighted by Gasteiger charge is -2.28. The summed E-state index contributed by atoms with van der Waals surface area (Å²) in [5.41, 5.74) is -0.401. The first-order valence-electron chi connectivity index (χ1n) is 6.16. The zero-order chi connectivity index (χ0) is 15.3. The topological polar surface area (TPSA) is 92.9 Å². The average Bonchev–Trinajstić information content (AvgIpc) is 2.38. The molecule has 0 aliphatic heterocycles. The molecule has 1 aromatic carbocycles. The van der Waals surface area contributed by atoms with E-state index in [2.05, 4.69) is 0 Å². The number of rotatable bonds is 7. The highest BCUT2D eigenvalue weighted by Gasteiger charge is 2.28. The highest BCUT2D eigenvalue weighted by molar-refractivity contribution is 5.95. The van der Waals surface area contributed by atoms with Gasteiger partial charge in [0.1, 0.15) is 11.3 Å². The quantitative estimate of drug-likeness (QED) is 0.608. The Morgan fingerprint density at radius 1 is 1.50 bits per heavy atom. The number of methoxy groups -OCH3 is 1. The number of hydrogen-bond donors (Lipinski definition) is 1. The van der Waals surface area contributed by atoms with Crippen molar-refractivity contribution in [3.63, 3.8) is 0 Å². The van der Waals surface area contributed by atoms with E-state index < -0.39 is 10.9 Å². The number of para-hydroxylation sites is 1. The predicted molar refractivity (Wildman–Crippen MR) is 74.4 cm³/mol. The van der Waals surface area contributed by atoms with E-state index >= 15 is 0 Å². The Kier molecular flexibility index (Phi) is 5.45. The third kappa shape index (κ3) is 3.45. The van der Waals surface area contributed by atoms with Crippen LogP contribution >= 0.6 is 0 Å². The first-order valence-corrected chi connectivity index (χ1v) is 6.16. The van der Waals surface area contributed by atoms with Crippen molar-refractivity contribution in [2.75, 3.05) is 25.2 Å². The largest absolute Gasteiger partial charge is 0.477 e. The summed E-state index contributed by atoms with van der Waals surface area (Å²) in [6.07, 6.45) is 0. The molecule has 0 atom stereocenters. The van der Waals surface area contributed by atoms with Gasteiger partial charge in [-0.25, -0.2) is 4.79 Å². The standard InChI is InChI=1S/C13H18N2O5/c1-9(2)14(7-8-20-3)11-6-4-5-10(13(16)17)12(11)15(18)19/h4-6,9H,7-8H2,1-3H3,(H,16,17). The Bertz CT molecular complexity index is 502. The third-order valence-corrected chi connectivity index (χ3v) is 2.90. The molecule has 7 nitrogen and oxygen atoms in total. The fourth-order valence-corrected chi connectivity index (χ4v) is 1.97. The predicted octanol–water partition coefficient (Wildman–Crippen LogP) is 2.15. The molecule has 1 rings (SSSR count). The van der Waals surface area contributed by atoms with Crippen LogP contribution < -0.4 is 4.90 Å². The molecule has 0 amide bonds. The molecule has 20 heavy (non-hydrogen) atoms. The molecule has 7 heteroatoms. The lowest BCUT2D eigenvalue weighted by molar-refractivity contribution is -0.384. The number of nitro benzene ring substituents is 1. The van der Waals surface area contributed by atoms with Gasteiger partial charge in [-0.05, 0) is 26.0 Å². The maximum Gasteiger partial charge on any atom is 0.342 e. The summed E-state index contributed by atoms with van der Waals surface area (Å²) in [6.45, 7) is 4.60. The number of benzene rings is 1. The Labute approximate surface area is 116 Å². The van der Waals surface area contributed by atoms with Crippen molar-refractivity contribution in [1.82, 2.24) is 0 Å². The Balaban J connectivity index is 3.37. The third-order valence-electron chi connectivity index (χ3n) is 2.90. The van der Waals surface area contributed by atoms with Crippen LogP contribution in [0.5, 0.6) is 0 Å². The van der Waals surface area contributed by atoms with Gasteiger partial charge < -0.3 is 14.7 Å². The van der Waals surface area contributed by atoms with E-state index in [4.69, 9.17) is 9.84 Å². The number of carboxylic acid groups (broad SMARTS) is 1. The molecule has 0 aromatic heterocycles. The van der Waals surface area contributed by atoms with Crippen LogP contribution in [0.4, 0.5) is 11.4 Å². The van der Waals surface area contributed by atoms with Crippen LogP contribution in [0.1, 0.15) is 24.2 Å². The molecule has 1 N–H and O–H groups in total.